The Labute approximate surface area is 69.1 Å². The van der Waals surface area contributed by atoms with E-state index in [0.717, 1.165) is 22.8 Å². The third-order valence-corrected chi connectivity index (χ3v) is 2.33. The van der Waals surface area contributed by atoms with Crippen LogP contribution in [0.5, 0.6) is 0 Å². The molecule has 0 bridgehead atoms. The van der Waals surface area contributed by atoms with Crippen LogP contribution in [0.3, 0.4) is 0 Å². The van der Waals surface area contributed by atoms with Crippen molar-refractivity contribution in [3.05, 3.63) is 16.1 Å². The first kappa shape index (κ1) is 8.46. The van der Waals surface area contributed by atoms with Gasteiger partial charge < -0.3 is 4.52 Å². The topological polar surface area (TPSA) is 46.0 Å². The number of rotatable bonds is 3. The molecule has 0 unspecified atom stereocenters. The SMILES string of the molecule is CCSc1c(CC)o[nH]c1=O. The van der Waals surface area contributed by atoms with E-state index in [1.54, 1.807) is 0 Å². The van der Waals surface area contributed by atoms with Crippen molar-refractivity contribution in [1.82, 2.24) is 5.16 Å². The molecule has 0 aromatic carbocycles. The van der Waals surface area contributed by atoms with Gasteiger partial charge in [0.05, 0.1) is 0 Å². The van der Waals surface area contributed by atoms with Crippen LogP contribution in [0.2, 0.25) is 0 Å². The van der Waals surface area contributed by atoms with E-state index in [1.807, 2.05) is 13.8 Å². The van der Waals surface area contributed by atoms with Crippen molar-refractivity contribution >= 4 is 11.8 Å². The maximum atomic E-state index is 11.0. The van der Waals surface area contributed by atoms with Crippen molar-refractivity contribution in [3.63, 3.8) is 0 Å². The lowest BCUT2D eigenvalue weighted by molar-refractivity contribution is 0.379. The standard InChI is InChI=1S/C7H11NO2S/c1-3-5-6(11-4-2)7(9)8-10-5/h3-4H2,1-2H3,(H,8,9). The summed E-state index contributed by atoms with van der Waals surface area (Å²) in [6, 6.07) is 0. The minimum absolute atomic E-state index is 0.103. The summed E-state index contributed by atoms with van der Waals surface area (Å²) >= 11 is 1.52. The summed E-state index contributed by atoms with van der Waals surface area (Å²) in [5.41, 5.74) is -0.103. The third kappa shape index (κ3) is 1.68. The molecule has 1 aromatic rings. The second kappa shape index (κ2) is 3.67. The zero-order valence-corrected chi connectivity index (χ0v) is 7.46. The highest BCUT2D eigenvalue weighted by Crippen LogP contribution is 2.17. The summed E-state index contributed by atoms with van der Waals surface area (Å²) in [7, 11) is 0. The van der Waals surface area contributed by atoms with Crippen molar-refractivity contribution in [2.75, 3.05) is 5.75 Å². The summed E-state index contributed by atoms with van der Waals surface area (Å²) in [6.07, 6.45) is 0.765. The van der Waals surface area contributed by atoms with Gasteiger partial charge in [-0.1, -0.05) is 13.8 Å². The highest BCUT2D eigenvalue weighted by Gasteiger charge is 2.09. The fraction of sp³-hybridized carbons (Fsp3) is 0.571. The molecule has 3 nitrogen and oxygen atoms in total. The predicted molar refractivity (Wildman–Crippen MR) is 45.1 cm³/mol. The lowest BCUT2D eigenvalue weighted by atomic mass is 10.4. The fourth-order valence-electron chi connectivity index (χ4n) is 0.850. The van der Waals surface area contributed by atoms with Crippen molar-refractivity contribution in [1.29, 1.82) is 0 Å². The van der Waals surface area contributed by atoms with Crippen LogP contribution in [0.25, 0.3) is 0 Å². The molecule has 0 aliphatic heterocycles. The number of nitrogens with one attached hydrogen (secondary N) is 1. The number of thioether (sulfide) groups is 1. The van der Waals surface area contributed by atoms with Crippen LogP contribution in [0.4, 0.5) is 0 Å². The second-order valence-electron chi connectivity index (χ2n) is 2.07. The van der Waals surface area contributed by atoms with Gasteiger partial charge in [0.1, 0.15) is 4.90 Å². The monoisotopic (exact) mass is 173 g/mol. The van der Waals surface area contributed by atoms with E-state index in [4.69, 9.17) is 4.52 Å². The van der Waals surface area contributed by atoms with E-state index in [-0.39, 0.29) is 5.56 Å². The highest BCUT2D eigenvalue weighted by molar-refractivity contribution is 7.99. The molecule has 1 N–H and O–H groups in total. The van der Waals surface area contributed by atoms with E-state index in [0.29, 0.717) is 0 Å². The third-order valence-electron chi connectivity index (χ3n) is 1.34. The van der Waals surface area contributed by atoms with Gasteiger partial charge in [0.25, 0.3) is 5.56 Å². The molecule has 1 heterocycles. The fourth-order valence-corrected chi connectivity index (χ4v) is 1.66. The summed E-state index contributed by atoms with van der Waals surface area (Å²) in [5, 5.41) is 2.32. The first-order chi connectivity index (χ1) is 5.29. The first-order valence-corrected chi connectivity index (χ1v) is 4.61. The second-order valence-corrected chi connectivity index (χ2v) is 3.35. The normalized spacial score (nSPS) is 10.4. The van der Waals surface area contributed by atoms with Crippen LogP contribution >= 0.6 is 11.8 Å². The summed E-state index contributed by atoms with van der Waals surface area (Å²) in [4.78, 5) is 11.8. The molecular weight excluding hydrogens is 162 g/mol. The van der Waals surface area contributed by atoms with E-state index in [1.165, 1.54) is 11.8 Å². The van der Waals surface area contributed by atoms with Crippen molar-refractivity contribution in [2.45, 2.75) is 25.2 Å². The van der Waals surface area contributed by atoms with Crippen molar-refractivity contribution < 1.29 is 4.52 Å². The zero-order valence-electron chi connectivity index (χ0n) is 6.64. The van der Waals surface area contributed by atoms with E-state index in [2.05, 4.69) is 5.16 Å². The summed E-state index contributed by atoms with van der Waals surface area (Å²) in [6.45, 7) is 3.97. The minimum atomic E-state index is -0.103. The number of aryl methyl sites for hydroxylation is 1. The Morgan fingerprint density at radius 2 is 2.27 bits per heavy atom. The lowest BCUT2D eigenvalue weighted by Gasteiger charge is -1.91. The van der Waals surface area contributed by atoms with E-state index in [9.17, 15) is 4.79 Å². The predicted octanol–water partition coefficient (Wildman–Crippen LogP) is 1.64. The molecule has 0 atom stereocenters. The lowest BCUT2D eigenvalue weighted by Crippen LogP contribution is -2.00. The van der Waals surface area contributed by atoms with Gasteiger partial charge in [-0.3, -0.25) is 4.79 Å². The van der Waals surface area contributed by atoms with Gasteiger partial charge in [-0.25, -0.2) is 0 Å². The molecule has 0 saturated carbocycles. The number of hydrogen-bond acceptors (Lipinski definition) is 3. The summed E-state index contributed by atoms with van der Waals surface area (Å²) < 4.78 is 4.94. The quantitative estimate of drug-likeness (QED) is 0.707. The van der Waals surface area contributed by atoms with Gasteiger partial charge in [0, 0.05) is 6.42 Å². The number of aromatic amines is 1. The average Bonchev–Trinajstić information content (AvgIpc) is 2.34. The van der Waals surface area contributed by atoms with Crippen LogP contribution < -0.4 is 5.56 Å². The summed E-state index contributed by atoms with van der Waals surface area (Å²) in [5.74, 6) is 1.66. The Bertz CT molecular complexity index is 276. The molecule has 4 heteroatoms. The Morgan fingerprint density at radius 1 is 1.55 bits per heavy atom. The maximum Gasteiger partial charge on any atom is 0.293 e. The van der Waals surface area contributed by atoms with Crippen LogP contribution in [-0.4, -0.2) is 10.9 Å². The molecular formula is C7H11NO2S. The van der Waals surface area contributed by atoms with Crippen molar-refractivity contribution in [3.8, 4) is 0 Å². The molecule has 62 valence electrons. The molecule has 0 saturated heterocycles. The number of H-pyrrole nitrogens is 1. The maximum absolute atomic E-state index is 11.0. The molecule has 0 amide bonds. The van der Waals surface area contributed by atoms with Gasteiger partial charge in [-0.2, -0.15) is 5.16 Å². The molecule has 0 aliphatic carbocycles. The Hall–Kier alpha value is -0.640. The molecule has 0 radical (unpaired) electrons. The van der Waals surface area contributed by atoms with Gasteiger partial charge in [-0.15, -0.1) is 11.8 Å². The van der Waals surface area contributed by atoms with E-state index >= 15 is 0 Å². The van der Waals surface area contributed by atoms with E-state index < -0.39 is 0 Å². The first-order valence-electron chi connectivity index (χ1n) is 3.62. The average molecular weight is 173 g/mol. The van der Waals surface area contributed by atoms with Gasteiger partial charge in [0.15, 0.2) is 5.76 Å². The van der Waals surface area contributed by atoms with Crippen LogP contribution in [0.1, 0.15) is 19.6 Å². The molecule has 0 spiro atoms. The molecule has 11 heavy (non-hydrogen) atoms. The largest absolute Gasteiger partial charge is 0.382 e. The Kier molecular flexibility index (Phi) is 2.82. The number of hydrogen-bond donors (Lipinski definition) is 1. The zero-order chi connectivity index (χ0) is 8.27. The minimum Gasteiger partial charge on any atom is -0.382 e. The molecule has 1 aromatic heterocycles. The Balaban J connectivity index is 2.97. The van der Waals surface area contributed by atoms with Crippen LogP contribution in [0.15, 0.2) is 14.2 Å². The Morgan fingerprint density at radius 3 is 2.82 bits per heavy atom. The van der Waals surface area contributed by atoms with Gasteiger partial charge >= 0.3 is 0 Å². The molecule has 1 rings (SSSR count). The van der Waals surface area contributed by atoms with Crippen LogP contribution in [0, 0.1) is 0 Å². The highest BCUT2D eigenvalue weighted by atomic mass is 32.2. The number of aromatic nitrogens is 1. The smallest absolute Gasteiger partial charge is 0.293 e. The molecule has 0 fully saturated rings. The van der Waals surface area contributed by atoms with Crippen LogP contribution in [-0.2, 0) is 6.42 Å². The van der Waals surface area contributed by atoms with Gasteiger partial charge in [0.2, 0.25) is 0 Å². The van der Waals surface area contributed by atoms with Gasteiger partial charge in [-0.05, 0) is 5.75 Å². The van der Waals surface area contributed by atoms with Crippen molar-refractivity contribution in [2.24, 2.45) is 0 Å². The molecule has 0 aliphatic rings.